The molecule has 1 aromatic heterocycles. The molecule has 0 saturated heterocycles. The fourth-order valence-electron chi connectivity index (χ4n) is 2.58. The quantitative estimate of drug-likeness (QED) is 0.758. The number of pyridine rings is 1. The Morgan fingerprint density at radius 1 is 1.27 bits per heavy atom. The van der Waals surface area contributed by atoms with E-state index in [1.807, 2.05) is 45.0 Å². The van der Waals surface area contributed by atoms with E-state index in [-0.39, 0.29) is 11.7 Å². The summed E-state index contributed by atoms with van der Waals surface area (Å²) in [6.07, 6.45) is 0.699. The predicted octanol–water partition coefficient (Wildman–Crippen LogP) is 3.34. The third-order valence-electron chi connectivity index (χ3n) is 4.32. The first-order valence-corrected chi connectivity index (χ1v) is 9.35. The van der Waals surface area contributed by atoms with Crippen molar-refractivity contribution in [2.24, 2.45) is 0 Å². The Balaban J connectivity index is 1.91. The van der Waals surface area contributed by atoms with Crippen LogP contribution in [0.2, 0.25) is 0 Å². The van der Waals surface area contributed by atoms with Gasteiger partial charge in [0, 0.05) is 12.2 Å². The van der Waals surface area contributed by atoms with Gasteiger partial charge in [-0.05, 0) is 49.9 Å². The highest BCUT2D eigenvalue weighted by Gasteiger charge is 2.14. The molecule has 2 aromatic rings. The molecule has 1 amide bonds. The zero-order chi connectivity index (χ0) is 19.1. The number of hydrogen-bond acceptors (Lipinski definition) is 5. The van der Waals surface area contributed by atoms with Gasteiger partial charge < -0.3 is 10.1 Å². The van der Waals surface area contributed by atoms with Crippen LogP contribution in [0.15, 0.2) is 29.3 Å². The minimum atomic E-state index is -0.0773. The van der Waals surface area contributed by atoms with Crippen LogP contribution >= 0.6 is 11.8 Å². The van der Waals surface area contributed by atoms with Gasteiger partial charge in [-0.3, -0.25) is 4.79 Å². The summed E-state index contributed by atoms with van der Waals surface area (Å²) >= 11 is 1.30. The summed E-state index contributed by atoms with van der Waals surface area (Å²) in [5.41, 5.74) is 4.45. The summed E-state index contributed by atoms with van der Waals surface area (Å²) in [4.78, 5) is 16.6. The maximum atomic E-state index is 12.1. The first-order valence-electron chi connectivity index (χ1n) is 8.37. The van der Waals surface area contributed by atoms with E-state index >= 15 is 0 Å². The van der Waals surface area contributed by atoms with Crippen molar-refractivity contribution in [3.63, 3.8) is 0 Å². The molecule has 5 nitrogen and oxygen atoms in total. The van der Waals surface area contributed by atoms with Crippen molar-refractivity contribution < 1.29 is 9.53 Å². The second kappa shape index (κ2) is 9.25. The van der Waals surface area contributed by atoms with Gasteiger partial charge in [0.25, 0.3) is 0 Å². The number of benzene rings is 1. The first kappa shape index (κ1) is 19.8. The molecule has 0 atom stereocenters. The number of ether oxygens (including phenoxy) is 1. The largest absolute Gasteiger partial charge is 0.496 e. The van der Waals surface area contributed by atoms with Crippen LogP contribution < -0.4 is 10.1 Å². The highest BCUT2D eigenvalue weighted by Crippen LogP contribution is 2.26. The molecule has 6 heteroatoms. The molecule has 0 spiro atoms. The topological polar surface area (TPSA) is 75.0 Å². The predicted molar refractivity (Wildman–Crippen MR) is 104 cm³/mol. The van der Waals surface area contributed by atoms with Crippen molar-refractivity contribution in [2.75, 3.05) is 19.4 Å². The molecule has 1 aromatic carbocycles. The van der Waals surface area contributed by atoms with Gasteiger partial charge in [-0.1, -0.05) is 30.0 Å². The Labute approximate surface area is 158 Å². The number of amides is 1. The normalized spacial score (nSPS) is 10.3. The van der Waals surface area contributed by atoms with Crippen LogP contribution in [0, 0.1) is 32.1 Å². The summed E-state index contributed by atoms with van der Waals surface area (Å²) in [6.45, 7) is 6.32. The van der Waals surface area contributed by atoms with Gasteiger partial charge in [-0.15, -0.1) is 0 Å². The number of rotatable bonds is 7. The molecule has 1 N–H and O–H groups in total. The lowest BCUT2D eigenvalue weighted by Crippen LogP contribution is -2.27. The lowest BCUT2D eigenvalue weighted by molar-refractivity contribution is -0.118. The fraction of sp³-hybridized carbons (Fsp3) is 0.350. The molecular weight excluding hydrogens is 346 g/mol. The van der Waals surface area contributed by atoms with Gasteiger partial charge in [0.2, 0.25) is 5.91 Å². The van der Waals surface area contributed by atoms with E-state index in [0.717, 1.165) is 28.1 Å². The molecule has 0 aliphatic heterocycles. The van der Waals surface area contributed by atoms with Crippen molar-refractivity contribution >= 4 is 17.7 Å². The zero-order valence-corrected chi connectivity index (χ0v) is 16.4. The van der Waals surface area contributed by atoms with Crippen molar-refractivity contribution in [1.29, 1.82) is 5.26 Å². The number of carbonyl (C=O) groups excluding carboxylic acids is 1. The number of methoxy groups -OCH3 is 1. The maximum Gasteiger partial charge on any atom is 0.230 e. The lowest BCUT2D eigenvalue weighted by atomic mass is 10.1. The SMILES string of the molecule is COc1ccccc1CCNC(=O)CSc1nc(C)c(C)c(C)c1C#N. The van der Waals surface area contributed by atoms with Gasteiger partial charge in [0.15, 0.2) is 0 Å². The monoisotopic (exact) mass is 369 g/mol. The van der Waals surface area contributed by atoms with Crippen LogP contribution in [-0.4, -0.2) is 30.3 Å². The summed E-state index contributed by atoms with van der Waals surface area (Å²) in [6, 6.07) is 9.97. The van der Waals surface area contributed by atoms with Gasteiger partial charge in [-0.2, -0.15) is 5.26 Å². The van der Waals surface area contributed by atoms with Crippen molar-refractivity contribution in [3.8, 4) is 11.8 Å². The number of aromatic nitrogens is 1. The van der Waals surface area contributed by atoms with Gasteiger partial charge in [-0.25, -0.2) is 4.98 Å². The molecule has 0 fully saturated rings. The lowest BCUT2D eigenvalue weighted by Gasteiger charge is -2.11. The van der Waals surface area contributed by atoms with Crippen molar-refractivity contribution in [1.82, 2.24) is 10.3 Å². The highest BCUT2D eigenvalue weighted by molar-refractivity contribution is 8.00. The van der Waals surface area contributed by atoms with E-state index < -0.39 is 0 Å². The summed E-state index contributed by atoms with van der Waals surface area (Å²) in [5, 5.41) is 12.9. The van der Waals surface area contributed by atoms with Crippen LogP contribution in [0.3, 0.4) is 0 Å². The smallest absolute Gasteiger partial charge is 0.230 e. The van der Waals surface area contributed by atoms with E-state index in [4.69, 9.17) is 4.74 Å². The summed E-state index contributed by atoms with van der Waals surface area (Å²) < 4.78 is 5.31. The second-order valence-electron chi connectivity index (χ2n) is 5.94. The second-order valence-corrected chi connectivity index (χ2v) is 6.90. The van der Waals surface area contributed by atoms with Crippen molar-refractivity contribution in [2.45, 2.75) is 32.2 Å². The third-order valence-corrected chi connectivity index (χ3v) is 5.30. The fourth-order valence-corrected chi connectivity index (χ4v) is 3.49. The van der Waals surface area contributed by atoms with Gasteiger partial charge >= 0.3 is 0 Å². The Kier molecular flexibility index (Phi) is 7.05. The molecule has 0 aliphatic rings. The number of thioether (sulfide) groups is 1. The Morgan fingerprint density at radius 3 is 2.69 bits per heavy atom. The molecule has 1 heterocycles. The first-order chi connectivity index (χ1) is 12.5. The summed E-state index contributed by atoms with van der Waals surface area (Å²) in [5.74, 6) is 0.978. The van der Waals surface area contributed by atoms with Crippen LogP contribution in [0.5, 0.6) is 5.75 Å². The Morgan fingerprint density at radius 2 is 2.00 bits per heavy atom. The third kappa shape index (κ3) is 4.77. The van der Waals surface area contributed by atoms with E-state index in [1.54, 1.807) is 7.11 Å². The zero-order valence-electron chi connectivity index (χ0n) is 15.5. The number of carbonyl (C=O) groups is 1. The number of aryl methyl sites for hydroxylation is 1. The number of nitrogens with zero attached hydrogens (tertiary/aromatic N) is 2. The Hall–Kier alpha value is -2.52. The van der Waals surface area contributed by atoms with Gasteiger partial charge in [0.1, 0.15) is 16.8 Å². The summed E-state index contributed by atoms with van der Waals surface area (Å²) in [7, 11) is 1.64. The van der Waals surface area contributed by atoms with E-state index in [1.165, 1.54) is 11.8 Å². The van der Waals surface area contributed by atoms with E-state index in [0.29, 0.717) is 23.6 Å². The molecule has 136 valence electrons. The van der Waals surface area contributed by atoms with Crippen LogP contribution in [0.25, 0.3) is 0 Å². The number of nitrogens with one attached hydrogen (secondary N) is 1. The molecular formula is C20H23N3O2S. The average Bonchev–Trinajstić information content (AvgIpc) is 2.65. The number of nitriles is 1. The number of para-hydroxylation sites is 1. The average molecular weight is 369 g/mol. The van der Waals surface area contributed by atoms with Crippen LogP contribution in [0.1, 0.15) is 27.9 Å². The van der Waals surface area contributed by atoms with E-state index in [2.05, 4.69) is 16.4 Å². The molecule has 0 radical (unpaired) electrons. The molecule has 0 bridgehead atoms. The molecule has 2 rings (SSSR count). The molecule has 0 saturated carbocycles. The highest BCUT2D eigenvalue weighted by atomic mass is 32.2. The standard InChI is InChI=1S/C20H23N3O2S/c1-13-14(2)17(11-21)20(23-15(13)3)26-12-19(24)22-10-9-16-7-5-6-8-18(16)25-4/h5-8H,9-10,12H2,1-4H3,(H,22,24). The Bertz CT molecular complexity index is 844. The van der Waals surface area contributed by atoms with E-state index in [9.17, 15) is 10.1 Å². The molecule has 26 heavy (non-hydrogen) atoms. The van der Waals surface area contributed by atoms with Gasteiger partial charge in [0.05, 0.1) is 18.4 Å². The van der Waals surface area contributed by atoms with Crippen LogP contribution in [0.4, 0.5) is 0 Å². The minimum absolute atomic E-state index is 0.0773. The minimum Gasteiger partial charge on any atom is -0.496 e. The molecule has 0 aliphatic carbocycles. The molecule has 0 unspecified atom stereocenters. The van der Waals surface area contributed by atoms with Crippen molar-refractivity contribution in [3.05, 3.63) is 52.2 Å². The number of hydrogen-bond donors (Lipinski definition) is 1. The van der Waals surface area contributed by atoms with Crippen LogP contribution in [-0.2, 0) is 11.2 Å². The maximum absolute atomic E-state index is 12.1.